The average Bonchev–Trinajstić information content (AvgIpc) is 2.44. The Morgan fingerprint density at radius 1 is 1.28 bits per heavy atom. The van der Waals surface area contributed by atoms with E-state index in [4.69, 9.17) is 4.74 Å². The zero-order chi connectivity index (χ0) is 13.6. The molecule has 1 aliphatic heterocycles. The van der Waals surface area contributed by atoms with Gasteiger partial charge in [-0.15, -0.1) is 0 Å². The highest BCUT2D eigenvalue weighted by atomic mass is 16.5. The molecule has 0 aromatic carbocycles. The highest BCUT2D eigenvalue weighted by Crippen LogP contribution is 2.37. The Balaban J connectivity index is 2.43. The summed E-state index contributed by atoms with van der Waals surface area (Å²) in [5, 5.41) is 0. The molecule has 0 N–H and O–H groups in total. The van der Waals surface area contributed by atoms with Gasteiger partial charge in [0.2, 0.25) is 0 Å². The number of esters is 1. The molecule has 0 aliphatic carbocycles. The quantitative estimate of drug-likeness (QED) is 0.557. The summed E-state index contributed by atoms with van der Waals surface area (Å²) in [5.41, 5.74) is 1.28. The van der Waals surface area contributed by atoms with Crippen LogP contribution in [0, 0.1) is 5.41 Å². The number of methoxy groups -OCH3 is 1. The third kappa shape index (κ3) is 3.84. The van der Waals surface area contributed by atoms with E-state index in [1.807, 2.05) is 13.0 Å². The topological polar surface area (TPSA) is 29.5 Å². The second-order valence-corrected chi connectivity index (χ2v) is 5.39. The van der Waals surface area contributed by atoms with Gasteiger partial charge in [-0.05, 0) is 38.3 Å². The molecular weight excluding hydrogens is 226 g/mol. The summed E-state index contributed by atoms with van der Waals surface area (Å²) in [5.74, 6) is -0.219. The number of carbonyl (C=O) groups is 1. The van der Waals surface area contributed by atoms with Gasteiger partial charge in [0.25, 0.3) is 0 Å². The number of hydrogen-bond donors (Lipinski definition) is 0. The molecular formula is C15H27NO2. The lowest BCUT2D eigenvalue weighted by molar-refractivity contribution is -0.136. The second-order valence-electron chi connectivity index (χ2n) is 5.39. The summed E-state index contributed by atoms with van der Waals surface area (Å²) < 4.78 is 4.69. The van der Waals surface area contributed by atoms with E-state index >= 15 is 0 Å². The van der Waals surface area contributed by atoms with Gasteiger partial charge in [0.15, 0.2) is 0 Å². The van der Waals surface area contributed by atoms with E-state index in [0.29, 0.717) is 11.0 Å². The molecule has 3 heteroatoms. The Labute approximate surface area is 111 Å². The smallest absolute Gasteiger partial charge is 0.333 e. The lowest BCUT2D eigenvalue weighted by Gasteiger charge is -2.40. The van der Waals surface area contributed by atoms with Crippen molar-refractivity contribution in [2.45, 2.75) is 46.5 Å². The molecule has 104 valence electrons. The summed E-state index contributed by atoms with van der Waals surface area (Å²) in [6, 6.07) is 0. The van der Waals surface area contributed by atoms with Crippen LogP contribution in [0.2, 0.25) is 0 Å². The van der Waals surface area contributed by atoms with Crippen LogP contribution in [0.5, 0.6) is 0 Å². The molecule has 0 bridgehead atoms. The van der Waals surface area contributed by atoms with Crippen molar-refractivity contribution in [1.29, 1.82) is 0 Å². The average molecular weight is 253 g/mol. The van der Waals surface area contributed by atoms with E-state index in [1.165, 1.54) is 32.8 Å². The lowest BCUT2D eigenvalue weighted by atomic mass is 9.74. The predicted octanol–water partition coefficient (Wildman–Crippen LogP) is 3.01. The highest BCUT2D eigenvalue weighted by Gasteiger charge is 2.30. The lowest BCUT2D eigenvalue weighted by Crippen LogP contribution is -2.39. The molecule has 0 spiro atoms. The van der Waals surface area contributed by atoms with Crippen LogP contribution in [0.15, 0.2) is 11.6 Å². The molecule has 1 fully saturated rings. The van der Waals surface area contributed by atoms with Gasteiger partial charge in [0.05, 0.1) is 7.11 Å². The Hall–Kier alpha value is -0.830. The Bertz CT molecular complexity index is 296. The fraction of sp³-hybridized carbons (Fsp3) is 0.800. The summed E-state index contributed by atoms with van der Waals surface area (Å²) in [6.45, 7) is 9.59. The zero-order valence-corrected chi connectivity index (χ0v) is 12.3. The van der Waals surface area contributed by atoms with E-state index in [-0.39, 0.29) is 5.97 Å². The van der Waals surface area contributed by atoms with Crippen LogP contribution in [-0.2, 0) is 9.53 Å². The van der Waals surface area contributed by atoms with Crippen LogP contribution in [0.25, 0.3) is 0 Å². The van der Waals surface area contributed by atoms with E-state index < -0.39 is 0 Å². The first-order valence-corrected chi connectivity index (χ1v) is 7.04. The molecule has 0 aromatic rings. The van der Waals surface area contributed by atoms with Crippen molar-refractivity contribution in [3.63, 3.8) is 0 Å². The first-order valence-electron chi connectivity index (χ1n) is 7.04. The SMILES string of the molecule is CCC1(CC)CCN(CC=C(C)C(=O)OC)CC1. The number of carbonyl (C=O) groups excluding carboxylic acids is 1. The van der Waals surface area contributed by atoms with E-state index in [1.54, 1.807) is 0 Å². The Morgan fingerprint density at radius 2 is 1.83 bits per heavy atom. The van der Waals surface area contributed by atoms with Crippen molar-refractivity contribution in [3.8, 4) is 0 Å². The highest BCUT2D eigenvalue weighted by molar-refractivity contribution is 5.87. The number of likely N-dealkylation sites (tertiary alicyclic amines) is 1. The number of rotatable bonds is 5. The summed E-state index contributed by atoms with van der Waals surface area (Å²) in [7, 11) is 1.43. The van der Waals surface area contributed by atoms with Gasteiger partial charge in [0.1, 0.15) is 0 Å². The van der Waals surface area contributed by atoms with Crippen LogP contribution in [0.3, 0.4) is 0 Å². The third-order valence-electron chi connectivity index (χ3n) is 4.58. The van der Waals surface area contributed by atoms with Gasteiger partial charge in [0, 0.05) is 12.1 Å². The maximum atomic E-state index is 11.3. The monoisotopic (exact) mass is 253 g/mol. The van der Waals surface area contributed by atoms with E-state index in [9.17, 15) is 4.79 Å². The first kappa shape index (κ1) is 15.2. The van der Waals surface area contributed by atoms with Crippen molar-refractivity contribution in [3.05, 3.63) is 11.6 Å². The standard InChI is InChI=1S/C15H27NO2/c1-5-15(6-2)8-11-16(12-9-15)10-7-13(3)14(17)18-4/h7H,5-6,8-12H2,1-4H3. The minimum absolute atomic E-state index is 0.219. The first-order chi connectivity index (χ1) is 8.56. The maximum absolute atomic E-state index is 11.3. The molecule has 0 saturated carbocycles. The van der Waals surface area contributed by atoms with Gasteiger partial charge in [-0.2, -0.15) is 0 Å². The van der Waals surface area contributed by atoms with Crippen molar-refractivity contribution < 1.29 is 9.53 Å². The van der Waals surface area contributed by atoms with Gasteiger partial charge in [-0.25, -0.2) is 4.79 Å². The van der Waals surface area contributed by atoms with Crippen LogP contribution >= 0.6 is 0 Å². The molecule has 0 atom stereocenters. The second kappa shape index (κ2) is 6.93. The van der Waals surface area contributed by atoms with Crippen molar-refractivity contribution >= 4 is 5.97 Å². The molecule has 0 radical (unpaired) electrons. The van der Waals surface area contributed by atoms with Gasteiger partial charge < -0.3 is 4.74 Å². The number of nitrogens with zero attached hydrogens (tertiary/aromatic N) is 1. The number of hydrogen-bond acceptors (Lipinski definition) is 3. The minimum Gasteiger partial charge on any atom is -0.466 e. The molecule has 0 aromatic heterocycles. The van der Waals surface area contributed by atoms with Crippen LogP contribution in [0.4, 0.5) is 0 Å². The number of ether oxygens (including phenoxy) is 1. The fourth-order valence-corrected chi connectivity index (χ4v) is 2.68. The molecule has 18 heavy (non-hydrogen) atoms. The summed E-state index contributed by atoms with van der Waals surface area (Å²) in [6.07, 6.45) is 7.12. The zero-order valence-electron chi connectivity index (χ0n) is 12.3. The van der Waals surface area contributed by atoms with Crippen molar-refractivity contribution in [1.82, 2.24) is 4.90 Å². The fourth-order valence-electron chi connectivity index (χ4n) is 2.68. The molecule has 1 saturated heterocycles. The maximum Gasteiger partial charge on any atom is 0.333 e. The Morgan fingerprint density at radius 3 is 2.28 bits per heavy atom. The predicted molar refractivity (Wildman–Crippen MR) is 74.5 cm³/mol. The van der Waals surface area contributed by atoms with Crippen molar-refractivity contribution in [2.24, 2.45) is 5.41 Å². The van der Waals surface area contributed by atoms with E-state index in [0.717, 1.165) is 19.6 Å². The number of piperidine rings is 1. The molecule has 0 amide bonds. The van der Waals surface area contributed by atoms with Crippen LogP contribution in [0.1, 0.15) is 46.5 Å². The molecule has 3 nitrogen and oxygen atoms in total. The molecule has 0 unspecified atom stereocenters. The van der Waals surface area contributed by atoms with Gasteiger partial charge in [-0.1, -0.05) is 32.8 Å². The molecule has 1 heterocycles. The largest absolute Gasteiger partial charge is 0.466 e. The minimum atomic E-state index is -0.219. The molecule has 1 rings (SSSR count). The van der Waals surface area contributed by atoms with Gasteiger partial charge in [-0.3, -0.25) is 4.90 Å². The third-order valence-corrected chi connectivity index (χ3v) is 4.58. The van der Waals surface area contributed by atoms with Crippen LogP contribution in [-0.4, -0.2) is 37.6 Å². The van der Waals surface area contributed by atoms with E-state index in [2.05, 4.69) is 18.7 Å². The Kier molecular flexibility index (Phi) is 5.86. The summed E-state index contributed by atoms with van der Waals surface area (Å²) >= 11 is 0. The van der Waals surface area contributed by atoms with Gasteiger partial charge >= 0.3 is 5.97 Å². The normalized spacial score (nSPS) is 20.8. The molecule has 1 aliphatic rings. The van der Waals surface area contributed by atoms with Crippen molar-refractivity contribution in [2.75, 3.05) is 26.7 Å². The van der Waals surface area contributed by atoms with Crippen LogP contribution < -0.4 is 0 Å². The summed E-state index contributed by atoms with van der Waals surface area (Å²) in [4.78, 5) is 13.7.